The van der Waals surface area contributed by atoms with Gasteiger partial charge in [-0.15, -0.1) is 0 Å². The maximum absolute atomic E-state index is 11.4. The standard InChI is InChI=1S/C10H19NO3/c1-7(2)6-13-10(12)9-4-3-8(5-11)14-9/h7-9H,3-6,11H2,1-2H3. The molecule has 0 radical (unpaired) electrons. The number of ether oxygens (including phenoxy) is 2. The molecule has 0 saturated carbocycles. The summed E-state index contributed by atoms with van der Waals surface area (Å²) in [6.07, 6.45) is 1.24. The van der Waals surface area contributed by atoms with E-state index in [0.717, 1.165) is 12.8 Å². The van der Waals surface area contributed by atoms with E-state index < -0.39 is 0 Å². The number of hydrogen-bond acceptors (Lipinski definition) is 4. The number of hydrogen-bond donors (Lipinski definition) is 1. The van der Waals surface area contributed by atoms with Crippen molar-refractivity contribution in [2.24, 2.45) is 11.7 Å². The van der Waals surface area contributed by atoms with Gasteiger partial charge in [0.1, 0.15) is 0 Å². The van der Waals surface area contributed by atoms with E-state index in [0.29, 0.717) is 19.1 Å². The zero-order chi connectivity index (χ0) is 10.6. The highest BCUT2D eigenvalue weighted by molar-refractivity contribution is 5.75. The van der Waals surface area contributed by atoms with Gasteiger partial charge in [0.25, 0.3) is 0 Å². The minimum Gasteiger partial charge on any atom is -0.463 e. The number of carbonyl (C=O) groups excluding carboxylic acids is 1. The summed E-state index contributed by atoms with van der Waals surface area (Å²) >= 11 is 0. The van der Waals surface area contributed by atoms with Gasteiger partial charge in [-0.2, -0.15) is 0 Å². The lowest BCUT2D eigenvalue weighted by atomic mass is 10.2. The summed E-state index contributed by atoms with van der Waals surface area (Å²) < 4.78 is 10.5. The fourth-order valence-electron chi connectivity index (χ4n) is 1.39. The van der Waals surface area contributed by atoms with Gasteiger partial charge < -0.3 is 15.2 Å². The molecule has 0 bridgehead atoms. The maximum atomic E-state index is 11.4. The van der Waals surface area contributed by atoms with Crippen LogP contribution in [-0.2, 0) is 14.3 Å². The molecule has 0 aromatic rings. The van der Waals surface area contributed by atoms with Crippen LogP contribution < -0.4 is 5.73 Å². The molecule has 1 rings (SSSR count). The van der Waals surface area contributed by atoms with Crippen molar-refractivity contribution in [2.45, 2.75) is 38.9 Å². The van der Waals surface area contributed by atoms with Gasteiger partial charge in [-0.3, -0.25) is 0 Å². The predicted octanol–water partition coefficient (Wildman–Crippen LogP) is 0.692. The monoisotopic (exact) mass is 201 g/mol. The minimum atomic E-state index is -0.387. The van der Waals surface area contributed by atoms with Gasteiger partial charge >= 0.3 is 5.97 Å². The van der Waals surface area contributed by atoms with Crippen molar-refractivity contribution < 1.29 is 14.3 Å². The molecule has 0 spiro atoms. The summed E-state index contributed by atoms with van der Waals surface area (Å²) in [5, 5.41) is 0. The smallest absolute Gasteiger partial charge is 0.335 e. The largest absolute Gasteiger partial charge is 0.463 e. The van der Waals surface area contributed by atoms with E-state index in [-0.39, 0.29) is 18.2 Å². The van der Waals surface area contributed by atoms with E-state index in [1.54, 1.807) is 0 Å². The van der Waals surface area contributed by atoms with Crippen LogP contribution in [0.1, 0.15) is 26.7 Å². The van der Waals surface area contributed by atoms with Gasteiger partial charge in [0, 0.05) is 6.54 Å². The van der Waals surface area contributed by atoms with Crippen LogP contribution in [0.3, 0.4) is 0 Å². The van der Waals surface area contributed by atoms with Crippen LogP contribution in [0.5, 0.6) is 0 Å². The van der Waals surface area contributed by atoms with E-state index in [4.69, 9.17) is 15.2 Å². The second-order valence-corrected chi connectivity index (χ2v) is 4.08. The fraction of sp³-hybridized carbons (Fsp3) is 0.900. The first-order valence-corrected chi connectivity index (χ1v) is 5.15. The molecule has 4 nitrogen and oxygen atoms in total. The van der Waals surface area contributed by atoms with E-state index in [2.05, 4.69) is 0 Å². The van der Waals surface area contributed by atoms with Gasteiger partial charge in [0.15, 0.2) is 6.10 Å². The Morgan fingerprint density at radius 1 is 1.57 bits per heavy atom. The molecule has 0 aliphatic carbocycles. The van der Waals surface area contributed by atoms with Crippen LogP contribution in [-0.4, -0.2) is 31.3 Å². The fourth-order valence-corrected chi connectivity index (χ4v) is 1.39. The summed E-state index contributed by atoms with van der Waals surface area (Å²) in [7, 11) is 0. The topological polar surface area (TPSA) is 61.5 Å². The van der Waals surface area contributed by atoms with Crippen molar-refractivity contribution >= 4 is 5.97 Å². The number of rotatable bonds is 4. The third-order valence-corrected chi connectivity index (χ3v) is 2.19. The molecule has 82 valence electrons. The second-order valence-electron chi connectivity index (χ2n) is 4.08. The second kappa shape index (κ2) is 5.32. The Bertz CT molecular complexity index is 194. The predicted molar refractivity (Wildman–Crippen MR) is 52.7 cm³/mol. The molecular formula is C10H19NO3. The molecule has 1 fully saturated rings. The molecular weight excluding hydrogens is 182 g/mol. The number of nitrogens with two attached hydrogens (primary N) is 1. The third kappa shape index (κ3) is 3.27. The first-order valence-electron chi connectivity index (χ1n) is 5.15. The Morgan fingerprint density at radius 3 is 2.79 bits per heavy atom. The summed E-state index contributed by atoms with van der Waals surface area (Å²) in [5.74, 6) is 0.125. The molecule has 2 atom stereocenters. The Morgan fingerprint density at radius 2 is 2.29 bits per heavy atom. The molecule has 0 aromatic carbocycles. The molecule has 0 aromatic heterocycles. The van der Waals surface area contributed by atoms with Crippen LogP contribution in [0.2, 0.25) is 0 Å². The first-order chi connectivity index (χ1) is 6.63. The van der Waals surface area contributed by atoms with Gasteiger partial charge in [-0.1, -0.05) is 13.8 Å². The zero-order valence-electron chi connectivity index (χ0n) is 8.86. The summed E-state index contributed by atoms with van der Waals surface area (Å²) in [5.41, 5.74) is 5.44. The van der Waals surface area contributed by atoms with Crippen LogP contribution >= 0.6 is 0 Å². The molecule has 4 heteroatoms. The van der Waals surface area contributed by atoms with E-state index in [1.165, 1.54) is 0 Å². The van der Waals surface area contributed by atoms with Crippen molar-refractivity contribution in [2.75, 3.05) is 13.2 Å². The van der Waals surface area contributed by atoms with E-state index >= 15 is 0 Å². The van der Waals surface area contributed by atoms with Crippen LogP contribution in [0.4, 0.5) is 0 Å². The molecule has 1 heterocycles. The Hall–Kier alpha value is -0.610. The SMILES string of the molecule is CC(C)COC(=O)C1CCC(CN)O1. The zero-order valence-corrected chi connectivity index (χ0v) is 8.86. The molecule has 2 N–H and O–H groups in total. The van der Waals surface area contributed by atoms with Crippen LogP contribution in [0.25, 0.3) is 0 Å². The Labute approximate surface area is 84.7 Å². The number of carbonyl (C=O) groups is 1. The summed E-state index contributed by atoms with van der Waals surface area (Å²) in [6.45, 7) is 4.96. The molecule has 0 amide bonds. The molecule has 1 saturated heterocycles. The van der Waals surface area contributed by atoms with Crippen molar-refractivity contribution in [1.29, 1.82) is 0 Å². The quantitative estimate of drug-likeness (QED) is 0.680. The Balaban J connectivity index is 2.25. The van der Waals surface area contributed by atoms with Crippen molar-refractivity contribution in [3.63, 3.8) is 0 Å². The third-order valence-electron chi connectivity index (χ3n) is 2.19. The van der Waals surface area contributed by atoms with Crippen LogP contribution in [0, 0.1) is 5.92 Å². The average Bonchev–Trinajstić information content (AvgIpc) is 2.62. The number of esters is 1. The minimum absolute atomic E-state index is 0.0339. The first kappa shape index (κ1) is 11.5. The molecule has 1 aliphatic heterocycles. The van der Waals surface area contributed by atoms with Gasteiger partial charge in [0.2, 0.25) is 0 Å². The Kier molecular flexibility index (Phi) is 4.35. The highest BCUT2D eigenvalue weighted by Gasteiger charge is 2.30. The molecule has 2 unspecified atom stereocenters. The van der Waals surface area contributed by atoms with Crippen molar-refractivity contribution in [1.82, 2.24) is 0 Å². The summed E-state index contributed by atoms with van der Waals surface area (Å²) in [6, 6.07) is 0. The lowest BCUT2D eigenvalue weighted by Crippen LogP contribution is -2.27. The van der Waals surface area contributed by atoms with E-state index in [1.807, 2.05) is 13.8 Å². The van der Waals surface area contributed by atoms with Gasteiger partial charge in [-0.05, 0) is 18.8 Å². The lowest BCUT2D eigenvalue weighted by molar-refractivity contribution is -0.157. The van der Waals surface area contributed by atoms with Crippen molar-refractivity contribution in [3.05, 3.63) is 0 Å². The maximum Gasteiger partial charge on any atom is 0.335 e. The van der Waals surface area contributed by atoms with Gasteiger partial charge in [-0.25, -0.2) is 4.79 Å². The molecule has 1 aliphatic rings. The lowest BCUT2D eigenvalue weighted by Gasteiger charge is -2.12. The average molecular weight is 201 g/mol. The highest BCUT2D eigenvalue weighted by Crippen LogP contribution is 2.19. The molecule has 14 heavy (non-hydrogen) atoms. The van der Waals surface area contributed by atoms with E-state index in [9.17, 15) is 4.79 Å². The highest BCUT2D eigenvalue weighted by atomic mass is 16.6. The van der Waals surface area contributed by atoms with Crippen molar-refractivity contribution in [3.8, 4) is 0 Å². The van der Waals surface area contributed by atoms with Crippen LogP contribution in [0.15, 0.2) is 0 Å². The normalized spacial score (nSPS) is 26.9. The summed E-state index contributed by atoms with van der Waals surface area (Å²) in [4.78, 5) is 11.4. The van der Waals surface area contributed by atoms with Gasteiger partial charge in [0.05, 0.1) is 12.7 Å².